The largest absolute Gasteiger partial charge is 0.256 e. The summed E-state index contributed by atoms with van der Waals surface area (Å²) in [4.78, 5) is 4.90. The molecule has 1 heterocycles. The summed E-state index contributed by atoms with van der Waals surface area (Å²) in [5.74, 6) is 0. The monoisotopic (exact) mass is 377 g/mol. The molecule has 5 rings (SSSR count). The normalized spacial score (nSPS) is 14.7. The summed E-state index contributed by atoms with van der Waals surface area (Å²) in [5.41, 5.74) is 9.10. The van der Waals surface area contributed by atoms with Crippen LogP contribution in [-0.4, -0.2) is 4.98 Å². The minimum Gasteiger partial charge on any atom is -0.256 e. The molecule has 1 aromatic heterocycles. The number of hydrogen-bond donors (Lipinski definition) is 0. The SMILES string of the molecule is CC(C)(C)c1cccc(-c2nccc3c2C(C)(C)c2c-3ccc3ccccc23)c1. The lowest BCUT2D eigenvalue weighted by Gasteiger charge is -2.26. The molecule has 0 aliphatic heterocycles. The minimum absolute atomic E-state index is 0.104. The summed E-state index contributed by atoms with van der Waals surface area (Å²) in [6.07, 6.45) is 1.97. The second-order valence-electron chi connectivity index (χ2n) is 9.75. The van der Waals surface area contributed by atoms with E-state index in [1.165, 1.54) is 44.2 Å². The van der Waals surface area contributed by atoms with Crippen molar-refractivity contribution in [3.8, 4) is 22.4 Å². The third-order valence-corrected chi connectivity index (χ3v) is 6.42. The molecule has 0 fully saturated rings. The summed E-state index contributed by atoms with van der Waals surface area (Å²) in [5, 5.41) is 2.65. The summed E-state index contributed by atoms with van der Waals surface area (Å²) in [6.45, 7) is 11.5. The van der Waals surface area contributed by atoms with Crippen molar-refractivity contribution in [2.75, 3.05) is 0 Å². The van der Waals surface area contributed by atoms with Crippen molar-refractivity contribution in [3.05, 3.63) is 89.6 Å². The highest BCUT2D eigenvalue weighted by Gasteiger charge is 2.39. The third kappa shape index (κ3) is 2.64. The molecule has 0 saturated carbocycles. The average Bonchev–Trinajstić information content (AvgIpc) is 2.95. The van der Waals surface area contributed by atoms with Crippen molar-refractivity contribution in [3.63, 3.8) is 0 Å². The molecule has 29 heavy (non-hydrogen) atoms. The lowest BCUT2D eigenvalue weighted by atomic mass is 9.78. The van der Waals surface area contributed by atoms with Gasteiger partial charge in [-0.05, 0) is 56.1 Å². The van der Waals surface area contributed by atoms with Crippen LogP contribution in [0.2, 0.25) is 0 Å². The van der Waals surface area contributed by atoms with Gasteiger partial charge in [0.15, 0.2) is 0 Å². The van der Waals surface area contributed by atoms with Gasteiger partial charge in [0.25, 0.3) is 0 Å². The molecule has 0 saturated heterocycles. The van der Waals surface area contributed by atoms with Gasteiger partial charge in [0, 0.05) is 17.2 Å². The topological polar surface area (TPSA) is 12.9 Å². The zero-order valence-corrected chi connectivity index (χ0v) is 17.9. The predicted octanol–water partition coefficient (Wildman–Crippen LogP) is 7.51. The van der Waals surface area contributed by atoms with E-state index >= 15 is 0 Å². The van der Waals surface area contributed by atoms with E-state index in [4.69, 9.17) is 4.98 Å². The van der Waals surface area contributed by atoms with Crippen LogP contribution in [0.4, 0.5) is 0 Å². The van der Waals surface area contributed by atoms with Gasteiger partial charge >= 0.3 is 0 Å². The van der Waals surface area contributed by atoms with Gasteiger partial charge in [0.2, 0.25) is 0 Å². The zero-order valence-electron chi connectivity index (χ0n) is 17.9. The molecule has 1 aliphatic rings. The summed E-state index contributed by atoms with van der Waals surface area (Å²) in [7, 11) is 0. The van der Waals surface area contributed by atoms with Crippen LogP contribution in [0.15, 0.2) is 72.9 Å². The Kier molecular flexibility index (Phi) is 3.77. The van der Waals surface area contributed by atoms with Gasteiger partial charge in [-0.25, -0.2) is 0 Å². The van der Waals surface area contributed by atoms with E-state index in [-0.39, 0.29) is 10.8 Å². The number of aromatic nitrogens is 1. The predicted molar refractivity (Wildman–Crippen MR) is 123 cm³/mol. The Morgan fingerprint density at radius 1 is 0.759 bits per heavy atom. The van der Waals surface area contributed by atoms with Crippen molar-refractivity contribution < 1.29 is 0 Å². The van der Waals surface area contributed by atoms with Crippen LogP contribution in [-0.2, 0) is 10.8 Å². The molecule has 0 amide bonds. The molecule has 0 atom stereocenters. The Morgan fingerprint density at radius 2 is 1.52 bits per heavy atom. The fraction of sp³-hybridized carbons (Fsp3) is 0.250. The molecule has 0 N–H and O–H groups in total. The van der Waals surface area contributed by atoms with Gasteiger partial charge in [-0.1, -0.05) is 89.2 Å². The van der Waals surface area contributed by atoms with Gasteiger partial charge in [-0.3, -0.25) is 4.98 Å². The van der Waals surface area contributed by atoms with Crippen LogP contribution in [0.1, 0.15) is 51.3 Å². The lowest BCUT2D eigenvalue weighted by Crippen LogP contribution is -2.17. The highest BCUT2D eigenvalue weighted by molar-refractivity contribution is 5.99. The van der Waals surface area contributed by atoms with E-state index in [0.29, 0.717) is 0 Å². The maximum atomic E-state index is 4.90. The smallest absolute Gasteiger partial charge is 0.0749 e. The van der Waals surface area contributed by atoms with E-state index in [2.05, 4.69) is 101 Å². The molecule has 144 valence electrons. The van der Waals surface area contributed by atoms with Gasteiger partial charge in [-0.2, -0.15) is 0 Å². The third-order valence-electron chi connectivity index (χ3n) is 6.42. The highest BCUT2D eigenvalue weighted by Crippen LogP contribution is 2.53. The summed E-state index contributed by atoms with van der Waals surface area (Å²) >= 11 is 0. The first-order valence-corrected chi connectivity index (χ1v) is 10.4. The number of hydrogen-bond acceptors (Lipinski definition) is 1. The zero-order chi connectivity index (χ0) is 20.4. The molecule has 4 aromatic rings. The van der Waals surface area contributed by atoms with E-state index in [1.807, 2.05) is 6.20 Å². The second kappa shape index (κ2) is 6.03. The Morgan fingerprint density at radius 3 is 2.31 bits per heavy atom. The van der Waals surface area contributed by atoms with Crippen molar-refractivity contribution in [1.29, 1.82) is 0 Å². The first-order valence-electron chi connectivity index (χ1n) is 10.4. The van der Waals surface area contributed by atoms with Gasteiger partial charge in [-0.15, -0.1) is 0 Å². The van der Waals surface area contributed by atoms with Crippen LogP contribution in [0.3, 0.4) is 0 Å². The molecular formula is C28H27N. The number of rotatable bonds is 1. The van der Waals surface area contributed by atoms with Crippen molar-refractivity contribution in [2.45, 2.75) is 45.4 Å². The molecule has 1 nitrogen and oxygen atoms in total. The second-order valence-corrected chi connectivity index (χ2v) is 9.75. The van der Waals surface area contributed by atoms with Crippen LogP contribution < -0.4 is 0 Å². The first kappa shape index (κ1) is 18.1. The van der Waals surface area contributed by atoms with E-state index < -0.39 is 0 Å². The molecule has 0 unspecified atom stereocenters. The number of benzene rings is 3. The van der Waals surface area contributed by atoms with E-state index in [0.717, 1.165) is 5.69 Å². The summed E-state index contributed by atoms with van der Waals surface area (Å²) < 4.78 is 0. The van der Waals surface area contributed by atoms with Crippen molar-refractivity contribution in [1.82, 2.24) is 4.98 Å². The molecule has 0 spiro atoms. The van der Waals surface area contributed by atoms with E-state index in [1.54, 1.807) is 0 Å². The Hall–Kier alpha value is -2.93. The number of pyridine rings is 1. The average molecular weight is 378 g/mol. The molecule has 0 radical (unpaired) electrons. The summed E-state index contributed by atoms with van der Waals surface area (Å²) in [6, 6.07) is 24.4. The first-order chi connectivity index (χ1) is 13.8. The van der Waals surface area contributed by atoms with E-state index in [9.17, 15) is 0 Å². The van der Waals surface area contributed by atoms with Crippen LogP contribution >= 0.6 is 0 Å². The maximum Gasteiger partial charge on any atom is 0.0749 e. The Bertz CT molecular complexity index is 1260. The maximum absolute atomic E-state index is 4.90. The molecular weight excluding hydrogens is 350 g/mol. The van der Waals surface area contributed by atoms with Gasteiger partial charge < -0.3 is 0 Å². The standard InChI is InChI=1S/C28H27N/c1-27(2,3)20-11-8-10-19(17-20)26-25-23(15-16-29-26)22-14-13-18-9-6-7-12-21(18)24(22)28(25,4)5/h6-17H,1-5H3. The highest BCUT2D eigenvalue weighted by atomic mass is 14.7. The van der Waals surface area contributed by atoms with Crippen molar-refractivity contribution in [2.24, 2.45) is 0 Å². The number of fused-ring (bicyclic) bond motifs is 5. The fourth-order valence-electron chi connectivity index (χ4n) is 4.97. The van der Waals surface area contributed by atoms with Gasteiger partial charge in [0.05, 0.1) is 5.69 Å². The molecule has 0 bridgehead atoms. The molecule has 1 aliphatic carbocycles. The number of nitrogens with zero attached hydrogens (tertiary/aromatic N) is 1. The fourth-order valence-corrected chi connectivity index (χ4v) is 4.97. The Labute approximate surface area is 173 Å². The quantitative estimate of drug-likeness (QED) is 0.334. The Balaban J connectivity index is 1.80. The minimum atomic E-state index is -0.104. The molecule has 3 aromatic carbocycles. The van der Waals surface area contributed by atoms with Crippen LogP contribution in [0.5, 0.6) is 0 Å². The van der Waals surface area contributed by atoms with Crippen LogP contribution in [0.25, 0.3) is 33.2 Å². The van der Waals surface area contributed by atoms with Crippen LogP contribution in [0, 0.1) is 0 Å². The van der Waals surface area contributed by atoms with Gasteiger partial charge in [0.1, 0.15) is 0 Å². The van der Waals surface area contributed by atoms with Crippen molar-refractivity contribution >= 4 is 10.8 Å². The molecule has 1 heteroatoms. The lowest BCUT2D eigenvalue weighted by molar-refractivity contribution is 0.590.